The topological polar surface area (TPSA) is 86.4 Å². The van der Waals surface area contributed by atoms with E-state index in [-0.39, 0.29) is 22.9 Å². The summed E-state index contributed by atoms with van der Waals surface area (Å²) in [4.78, 5) is 25.2. The number of aromatic nitrogens is 1. The molecule has 0 atom stereocenters. The van der Waals surface area contributed by atoms with Crippen molar-refractivity contribution in [3.63, 3.8) is 0 Å². The van der Waals surface area contributed by atoms with Crippen LogP contribution in [0.25, 0.3) is 22.0 Å². The molecule has 6 nitrogen and oxygen atoms in total. The van der Waals surface area contributed by atoms with Crippen LogP contribution in [0.1, 0.15) is 54.0 Å². The van der Waals surface area contributed by atoms with Crippen LogP contribution in [0.5, 0.6) is 0 Å². The van der Waals surface area contributed by atoms with E-state index in [0.717, 1.165) is 35.0 Å². The number of amides is 1. The summed E-state index contributed by atoms with van der Waals surface area (Å²) in [5.74, 6) is -1.44. The SMILES string of the molecule is CC1(C)CC(=O)n2c(c(-c3cc(F)c(C(N)=O)c(NC4CCOCC4)c3)c3ccccc32)C1. The molecule has 7 heteroatoms. The zero-order valence-electron chi connectivity index (χ0n) is 18.9. The number of fused-ring (bicyclic) bond motifs is 3. The minimum atomic E-state index is -0.811. The monoisotopic (exact) mass is 449 g/mol. The van der Waals surface area contributed by atoms with E-state index in [2.05, 4.69) is 19.2 Å². The van der Waals surface area contributed by atoms with E-state index >= 15 is 4.39 Å². The van der Waals surface area contributed by atoms with Crippen LogP contribution in [-0.2, 0) is 11.2 Å². The summed E-state index contributed by atoms with van der Waals surface area (Å²) in [6, 6.07) is 10.9. The van der Waals surface area contributed by atoms with Crippen LogP contribution < -0.4 is 11.1 Å². The van der Waals surface area contributed by atoms with Crippen molar-refractivity contribution in [2.45, 2.75) is 45.6 Å². The molecule has 33 heavy (non-hydrogen) atoms. The molecule has 3 N–H and O–H groups in total. The number of nitrogens with one attached hydrogen (secondary N) is 1. The van der Waals surface area contributed by atoms with Gasteiger partial charge in [-0.1, -0.05) is 32.0 Å². The summed E-state index contributed by atoms with van der Waals surface area (Å²) in [5, 5.41) is 4.22. The van der Waals surface area contributed by atoms with Crippen LogP contribution in [0.15, 0.2) is 36.4 Å². The average molecular weight is 450 g/mol. The van der Waals surface area contributed by atoms with Gasteiger partial charge in [-0.05, 0) is 48.4 Å². The number of halogens is 1. The standard InChI is InChI=1S/C26H28FN3O3/c1-26(2)13-21-23(17-5-3-4-6-20(17)30(21)22(31)14-26)15-11-18(27)24(25(28)32)19(12-15)29-16-7-9-33-10-8-16/h3-6,11-12,16,29H,7-10,13-14H2,1-2H3,(H2,28,32). The number of hydrogen-bond acceptors (Lipinski definition) is 4. The summed E-state index contributed by atoms with van der Waals surface area (Å²) in [6.07, 6.45) is 2.66. The number of nitrogens with zero attached hydrogens (tertiary/aromatic N) is 1. The maximum atomic E-state index is 15.3. The summed E-state index contributed by atoms with van der Waals surface area (Å²) in [6.45, 7) is 5.37. The van der Waals surface area contributed by atoms with E-state index in [4.69, 9.17) is 10.5 Å². The molecule has 2 aliphatic rings. The second-order valence-corrected chi connectivity index (χ2v) is 9.86. The molecule has 0 unspecified atom stereocenters. The maximum absolute atomic E-state index is 15.3. The second-order valence-electron chi connectivity index (χ2n) is 9.86. The highest BCUT2D eigenvalue weighted by molar-refractivity contribution is 6.06. The van der Waals surface area contributed by atoms with Gasteiger partial charge in [-0.25, -0.2) is 4.39 Å². The lowest BCUT2D eigenvalue weighted by Crippen LogP contribution is -2.31. The van der Waals surface area contributed by atoms with Gasteiger partial charge in [-0.2, -0.15) is 0 Å². The van der Waals surface area contributed by atoms with Gasteiger partial charge in [0.15, 0.2) is 0 Å². The Bertz CT molecular complexity index is 1270. The second kappa shape index (κ2) is 7.99. The summed E-state index contributed by atoms with van der Waals surface area (Å²) in [5.41, 5.74) is 8.75. The minimum absolute atomic E-state index is 0.0403. The number of anilines is 1. The maximum Gasteiger partial charge on any atom is 0.253 e. The number of para-hydroxylation sites is 1. The van der Waals surface area contributed by atoms with E-state index < -0.39 is 11.7 Å². The Morgan fingerprint density at radius 2 is 1.91 bits per heavy atom. The number of primary amides is 1. The van der Waals surface area contributed by atoms with E-state index in [1.54, 1.807) is 10.6 Å². The molecule has 0 radical (unpaired) electrons. The van der Waals surface area contributed by atoms with Crippen LogP contribution >= 0.6 is 0 Å². The van der Waals surface area contributed by atoms with Gasteiger partial charge in [0.1, 0.15) is 5.82 Å². The average Bonchev–Trinajstić information content (AvgIpc) is 3.06. The number of hydrogen-bond donors (Lipinski definition) is 2. The van der Waals surface area contributed by atoms with Crippen molar-refractivity contribution in [2.75, 3.05) is 18.5 Å². The number of nitrogens with two attached hydrogens (primary N) is 1. The summed E-state index contributed by atoms with van der Waals surface area (Å²) in [7, 11) is 0. The zero-order chi connectivity index (χ0) is 23.3. The zero-order valence-corrected chi connectivity index (χ0v) is 18.9. The predicted molar refractivity (Wildman–Crippen MR) is 126 cm³/mol. The summed E-state index contributed by atoms with van der Waals surface area (Å²) >= 11 is 0. The molecule has 0 spiro atoms. The number of carbonyl (C=O) groups excluding carboxylic acids is 2. The molecular formula is C26H28FN3O3. The van der Waals surface area contributed by atoms with Crippen molar-refractivity contribution in [3.05, 3.63) is 53.5 Å². The fraction of sp³-hybridized carbons (Fsp3) is 0.385. The summed E-state index contributed by atoms with van der Waals surface area (Å²) < 4.78 is 22.5. The highest BCUT2D eigenvalue weighted by Crippen LogP contribution is 2.43. The molecule has 2 aromatic carbocycles. The van der Waals surface area contributed by atoms with Crippen LogP contribution in [0, 0.1) is 11.2 Å². The Balaban J connectivity index is 1.72. The Labute approximate surface area is 191 Å². The van der Waals surface area contributed by atoms with Crippen LogP contribution in [-0.4, -0.2) is 35.6 Å². The molecule has 1 fully saturated rings. The molecular weight excluding hydrogens is 421 g/mol. The molecule has 1 amide bonds. The minimum Gasteiger partial charge on any atom is -0.381 e. The van der Waals surface area contributed by atoms with Crippen molar-refractivity contribution in [2.24, 2.45) is 11.1 Å². The molecule has 3 heterocycles. The van der Waals surface area contributed by atoms with E-state index in [1.165, 1.54) is 6.07 Å². The fourth-order valence-corrected chi connectivity index (χ4v) is 5.25. The Kier molecular flexibility index (Phi) is 5.24. The third-order valence-corrected chi connectivity index (χ3v) is 6.70. The fourth-order valence-electron chi connectivity index (χ4n) is 5.25. The van der Waals surface area contributed by atoms with Crippen LogP contribution in [0.2, 0.25) is 0 Å². The quantitative estimate of drug-likeness (QED) is 0.602. The van der Waals surface area contributed by atoms with Gasteiger partial charge in [0.25, 0.3) is 5.91 Å². The van der Waals surface area contributed by atoms with Gasteiger partial charge >= 0.3 is 0 Å². The van der Waals surface area contributed by atoms with Crippen molar-refractivity contribution >= 4 is 28.4 Å². The molecule has 0 saturated carbocycles. The van der Waals surface area contributed by atoms with Gasteiger partial charge in [0.2, 0.25) is 5.91 Å². The van der Waals surface area contributed by atoms with E-state index in [9.17, 15) is 9.59 Å². The molecule has 1 saturated heterocycles. The van der Waals surface area contributed by atoms with Gasteiger partial charge in [-0.3, -0.25) is 14.2 Å². The third-order valence-electron chi connectivity index (χ3n) is 6.70. The van der Waals surface area contributed by atoms with Crippen molar-refractivity contribution in [3.8, 4) is 11.1 Å². The first-order valence-corrected chi connectivity index (χ1v) is 11.4. The predicted octanol–water partition coefficient (Wildman–Crippen LogP) is 4.75. The van der Waals surface area contributed by atoms with Crippen LogP contribution in [0.3, 0.4) is 0 Å². The number of rotatable bonds is 4. The third kappa shape index (κ3) is 3.80. The van der Waals surface area contributed by atoms with Gasteiger partial charge in [0, 0.05) is 42.3 Å². The molecule has 1 aromatic heterocycles. The van der Waals surface area contributed by atoms with Crippen molar-refractivity contribution < 1.29 is 18.7 Å². The van der Waals surface area contributed by atoms with Gasteiger partial charge in [-0.15, -0.1) is 0 Å². The lowest BCUT2D eigenvalue weighted by Gasteiger charge is -2.31. The van der Waals surface area contributed by atoms with Gasteiger partial charge < -0.3 is 15.8 Å². The largest absolute Gasteiger partial charge is 0.381 e. The lowest BCUT2D eigenvalue weighted by atomic mass is 9.80. The highest BCUT2D eigenvalue weighted by Gasteiger charge is 2.35. The van der Waals surface area contributed by atoms with Crippen molar-refractivity contribution in [1.29, 1.82) is 0 Å². The number of ether oxygens (including phenoxy) is 1. The molecule has 3 aromatic rings. The van der Waals surface area contributed by atoms with E-state index in [0.29, 0.717) is 37.3 Å². The molecule has 2 aliphatic heterocycles. The molecule has 0 aliphatic carbocycles. The normalized spacial score (nSPS) is 18.3. The lowest BCUT2D eigenvalue weighted by molar-refractivity contribution is 0.0816. The first-order valence-electron chi connectivity index (χ1n) is 11.4. The number of carbonyl (C=O) groups is 2. The van der Waals surface area contributed by atoms with E-state index in [1.807, 2.05) is 24.3 Å². The van der Waals surface area contributed by atoms with Crippen LogP contribution in [0.4, 0.5) is 10.1 Å². The Morgan fingerprint density at radius 3 is 2.64 bits per heavy atom. The van der Waals surface area contributed by atoms with Crippen molar-refractivity contribution in [1.82, 2.24) is 4.57 Å². The first kappa shape index (κ1) is 21.6. The smallest absolute Gasteiger partial charge is 0.253 e. The molecule has 5 rings (SSSR count). The molecule has 172 valence electrons. The Morgan fingerprint density at radius 1 is 1.18 bits per heavy atom. The number of benzene rings is 2. The molecule has 0 bridgehead atoms. The first-order chi connectivity index (χ1) is 15.7. The Hall–Kier alpha value is -3.19. The van der Waals surface area contributed by atoms with Gasteiger partial charge in [0.05, 0.1) is 16.8 Å². The highest BCUT2D eigenvalue weighted by atomic mass is 19.1.